The summed E-state index contributed by atoms with van der Waals surface area (Å²) in [4.78, 5) is 14.6. The minimum atomic E-state index is -4.59. The first-order valence-electron chi connectivity index (χ1n) is 10.5. The van der Waals surface area contributed by atoms with Crippen molar-refractivity contribution in [2.24, 2.45) is 7.05 Å². The molecule has 7 nitrogen and oxygen atoms in total. The van der Waals surface area contributed by atoms with Crippen molar-refractivity contribution >= 4 is 11.6 Å². The third kappa shape index (κ3) is 4.49. The number of anilines is 1. The number of fused-ring (bicyclic) bond motifs is 1. The van der Waals surface area contributed by atoms with Crippen LogP contribution in [0.15, 0.2) is 42.7 Å². The van der Waals surface area contributed by atoms with Gasteiger partial charge in [-0.1, -0.05) is 19.1 Å². The second-order valence-corrected chi connectivity index (χ2v) is 8.08. The standard InChI is InChI=1S/C23H24F3N5O2/c1-14(21-29-28-13-30(21)2)16-4-3-5-17(10-16)31-12-19-18(22(31)33)8-15(11-27-6-7-32)9-20(19)23(24,25)26/h3-5,8-10,13-14,27,32H,6-7,11-12H2,1-2H3/t14-/m0/s1. The molecule has 0 spiro atoms. The van der Waals surface area contributed by atoms with Gasteiger partial charge in [-0.3, -0.25) is 4.79 Å². The zero-order valence-electron chi connectivity index (χ0n) is 18.2. The highest BCUT2D eigenvalue weighted by Gasteiger charge is 2.40. The van der Waals surface area contributed by atoms with Gasteiger partial charge in [-0.25, -0.2) is 0 Å². The van der Waals surface area contributed by atoms with Crippen LogP contribution in [0, 0.1) is 0 Å². The number of aliphatic hydroxyl groups excluding tert-OH is 1. The van der Waals surface area contributed by atoms with Gasteiger partial charge in [0.15, 0.2) is 0 Å². The zero-order chi connectivity index (χ0) is 23.8. The summed E-state index contributed by atoms with van der Waals surface area (Å²) in [6.45, 7) is 2.03. The van der Waals surface area contributed by atoms with Gasteiger partial charge in [-0.15, -0.1) is 10.2 Å². The van der Waals surface area contributed by atoms with Gasteiger partial charge in [0, 0.05) is 37.3 Å². The average molecular weight is 459 g/mol. The molecule has 0 aliphatic carbocycles. The van der Waals surface area contributed by atoms with E-state index in [9.17, 15) is 18.0 Å². The first-order chi connectivity index (χ1) is 15.7. The van der Waals surface area contributed by atoms with Crippen LogP contribution in [0.1, 0.15) is 51.3 Å². The maximum Gasteiger partial charge on any atom is 0.416 e. The topological polar surface area (TPSA) is 83.3 Å². The molecule has 0 saturated carbocycles. The Kier molecular flexibility index (Phi) is 6.22. The summed E-state index contributed by atoms with van der Waals surface area (Å²) < 4.78 is 43.3. The van der Waals surface area contributed by atoms with Crippen LogP contribution in [0.5, 0.6) is 0 Å². The van der Waals surface area contributed by atoms with Crippen LogP contribution >= 0.6 is 0 Å². The zero-order valence-corrected chi connectivity index (χ0v) is 18.2. The Labute approximate surface area is 188 Å². The molecule has 1 aliphatic rings. The van der Waals surface area contributed by atoms with E-state index in [0.717, 1.165) is 17.5 Å². The Morgan fingerprint density at radius 3 is 2.70 bits per heavy atom. The minimum absolute atomic E-state index is 0.0230. The smallest absolute Gasteiger partial charge is 0.395 e. The van der Waals surface area contributed by atoms with Crippen molar-refractivity contribution < 1.29 is 23.1 Å². The summed E-state index contributed by atoms with van der Waals surface area (Å²) in [7, 11) is 1.84. The van der Waals surface area contributed by atoms with Gasteiger partial charge >= 0.3 is 6.18 Å². The summed E-state index contributed by atoms with van der Waals surface area (Å²) in [5.74, 6) is 0.151. The number of rotatable bonds is 7. The number of aryl methyl sites for hydroxylation is 1. The van der Waals surface area contributed by atoms with Crippen LogP contribution in [0.4, 0.5) is 18.9 Å². The van der Waals surface area contributed by atoms with Gasteiger partial charge in [0.2, 0.25) is 0 Å². The number of hydrogen-bond donors (Lipinski definition) is 2. The van der Waals surface area contributed by atoms with Crippen molar-refractivity contribution in [3.8, 4) is 0 Å². The Balaban J connectivity index is 1.68. The van der Waals surface area contributed by atoms with E-state index in [1.165, 1.54) is 11.0 Å². The molecular weight excluding hydrogens is 435 g/mol. The van der Waals surface area contributed by atoms with Crippen LogP contribution in [-0.2, 0) is 26.3 Å². The van der Waals surface area contributed by atoms with Crippen molar-refractivity contribution in [2.45, 2.75) is 32.1 Å². The van der Waals surface area contributed by atoms with Gasteiger partial charge in [0.1, 0.15) is 12.2 Å². The van der Waals surface area contributed by atoms with E-state index in [1.54, 1.807) is 29.1 Å². The number of carbonyl (C=O) groups excluding carboxylic acids is 1. The Morgan fingerprint density at radius 2 is 2.03 bits per heavy atom. The van der Waals surface area contributed by atoms with Crippen LogP contribution < -0.4 is 10.2 Å². The third-order valence-electron chi connectivity index (χ3n) is 5.84. The fraction of sp³-hybridized carbons (Fsp3) is 0.348. The number of hydrogen-bond acceptors (Lipinski definition) is 5. The molecule has 3 aromatic rings. The Morgan fingerprint density at radius 1 is 1.24 bits per heavy atom. The molecule has 2 aromatic carbocycles. The fourth-order valence-electron chi connectivity index (χ4n) is 4.14. The molecule has 2 N–H and O–H groups in total. The van der Waals surface area contributed by atoms with E-state index in [2.05, 4.69) is 15.5 Å². The molecule has 10 heteroatoms. The number of halogens is 3. The van der Waals surface area contributed by atoms with Gasteiger partial charge in [0.25, 0.3) is 5.91 Å². The number of benzene rings is 2. The predicted molar refractivity (Wildman–Crippen MR) is 116 cm³/mol. The number of alkyl halides is 3. The van der Waals surface area contributed by atoms with E-state index < -0.39 is 17.6 Å². The van der Waals surface area contributed by atoms with E-state index in [-0.39, 0.29) is 43.3 Å². The number of aliphatic hydroxyl groups is 1. The monoisotopic (exact) mass is 459 g/mol. The maximum absolute atomic E-state index is 13.8. The van der Waals surface area contributed by atoms with Gasteiger partial charge in [-0.2, -0.15) is 13.2 Å². The van der Waals surface area contributed by atoms with Crippen LogP contribution in [0.3, 0.4) is 0 Å². The lowest BCUT2D eigenvalue weighted by atomic mass is 9.99. The highest BCUT2D eigenvalue weighted by atomic mass is 19.4. The lowest BCUT2D eigenvalue weighted by Gasteiger charge is -2.19. The Hall–Kier alpha value is -3.24. The molecule has 1 atom stereocenters. The highest BCUT2D eigenvalue weighted by molar-refractivity contribution is 6.10. The maximum atomic E-state index is 13.8. The van der Waals surface area contributed by atoms with Crippen molar-refractivity contribution in [3.05, 3.63) is 76.4 Å². The van der Waals surface area contributed by atoms with E-state index >= 15 is 0 Å². The van der Waals surface area contributed by atoms with Crippen LogP contribution in [0.2, 0.25) is 0 Å². The molecule has 4 rings (SSSR count). The second kappa shape index (κ2) is 8.95. The van der Waals surface area contributed by atoms with Crippen molar-refractivity contribution in [3.63, 3.8) is 0 Å². The molecule has 1 aliphatic heterocycles. The van der Waals surface area contributed by atoms with Gasteiger partial charge in [0.05, 0.1) is 18.7 Å². The summed E-state index contributed by atoms with van der Waals surface area (Å²) in [5.41, 5.74) is 0.963. The number of carbonyl (C=O) groups is 1. The van der Waals surface area contributed by atoms with E-state index in [0.29, 0.717) is 11.3 Å². The molecular formula is C23H24F3N5O2. The van der Waals surface area contributed by atoms with Gasteiger partial charge in [-0.05, 0) is 41.0 Å². The summed E-state index contributed by atoms with van der Waals surface area (Å²) in [6.07, 6.45) is -2.99. The first kappa shape index (κ1) is 22.9. The largest absolute Gasteiger partial charge is 0.416 e. The van der Waals surface area contributed by atoms with Crippen LogP contribution in [0.25, 0.3) is 0 Å². The van der Waals surface area contributed by atoms with Crippen LogP contribution in [-0.4, -0.2) is 38.9 Å². The average Bonchev–Trinajstić information content (AvgIpc) is 3.35. The Bertz CT molecular complexity index is 1180. The SMILES string of the molecule is C[C@@H](c1cccc(N2Cc3c(cc(CNCCO)cc3C(F)(F)F)C2=O)c1)c1nncn1C. The van der Waals surface area contributed by atoms with E-state index in [1.807, 2.05) is 20.0 Å². The molecule has 0 saturated heterocycles. The summed E-state index contributed by atoms with van der Waals surface area (Å²) in [5, 5.41) is 19.8. The quantitative estimate of drug-likeness (QED) is 0.530. The first-order valence-corrected chi connectivity index (χ1v) is 10.5. The van der Waals surface area contributed by atoms with Gasteiger partial charge < -0.3 is 19.9 Å². The summed E-state index contributed by atoms with van der Waals surface area (Å²) >= 11 is 0. The molecule has 2 heterocycles. The third-order valence-corrected chi connectivity index (χ3v) is 5.84. The molecule has 0 fully saturated rings. The molecule has 0 unspecified atom stereocenters. The van der Waals surface area contributed by atoms with Crippen molar-refractivity contribution in [1.29, 1.82) is 0 Å². The lowest BCUT2D eigenvalue weighted by molar-refractivity contribution is -0.138. The highest BCUT2D eigenvalue weighted by Crippen LogP contribution is 2.40. The molecule has 1 amide bonds. The molecule has 0 radical (unpaired) electrons. The number of nitrogens with zero attached hydrogens (tertiary/aromatic N) is 4. The second-order valence-electron chi connectivity index (χ2n) is 8.08. The molecule has 0 bridgehead atoms. The van der Waals surface area contributed by atoms with Crippen molar-refractivity contribution in [2.75, 3.05) is 18.1 Å². The molecule has 33 heavy (non-hydrogen) atoms. The molecule has 1 aromatic heterocycles. The van der Waals surface area contributed by atoms with E-state index in [4.69, 9.17) is 5.11 Å². The number of nitrogens with one attached hydrogen (secondary N) is 1. The molecule has 174 valence electrons. The predicted octanol–water partition coefficient (Wildman–Crippen LogP) is 3.23. The lowest BCUT2D eigenvalue weighted by Crippen LogP contribution is -2.23. The normalized spacial score (nSPS) is 14.6. The number of amides is 1. The fourth-order valence-corrected chi connectivity index (χ4v) is 4.14. The minimum Gasteiger partial charge on any atom is -0.395 e. The van der Waals surface area contributed by atoms with Crippen molar-refractivity contribution in [1.82, 2.24) is 20.1 Å². The number of aromatic nitrogens is 3. The summed E-state index contributed by atoms with van der Waals surface area (Å²) in [6, 6.07) is 9.77.